The molecule has 1 saturated heterocycles. The molecule has 1 unspecified atom stereocenters. The van der Waals surface area contributed by atoms with Crippen LogP contribution in [0, 0.1) is 5.41 Å². The fourth-order valence-corrected chi connectivity index (χ4v) is 5.46. The molecule has 2 amide bonds. The molecule has 174 valence electrons. The molecule has 0 saturated carbocycles. The lowest BCUT2D eigenvalue weighted by Crippen LogP contribution is -2.33. The Bertz CT molecular complexity index is 1260. The monoisotopic (exact) mass is 468 g/mol. The third-order valence-electron chi connectivity index (χ3n) is 5.56. The van der Waals surface area contributed by atoms with Gasteiger partial charge < -0.3 is 10.3 Å². The minimum atomic E-state index is -3.69. The predicted octanol–water partition coefficient (Wildman–Crippen LogP) is 3.29. The highest BCUT2D eigenvalue weighted by molar-refractivity contribution is 7.90. The Morgan fingerprint density at radius 1 is 1.15 bits per heavy atom. The molecule has 9 heteroatoms. The van der Waals surface area contributed by atoms with E-state index < -0.39 is 21.2 Å². The lowest BCUT2D eigenvalue weighted by Gasteiger charge is -2.22. The second kappa shape index (κ2) is 8.62. The number of carbonyl (C=O) groups is 2. The first-order valence-corrected chi connectivity index (χ1v) is 12.4. The molecule has 33 heavy (non-hydrogen) atoms. The highest BCUT2D eigenvalue weighted by Crippen LogP contribution is 2.30. The number of imidazole rings is 1. The number of carbonyl (C=O) groups excluding carboxylic acids is 2. The molecule has 1 aromatic heterocycles. The Kier molecular flexibility index (Phi) is 6.00. The number of hydrogen-bond donors (Lipinski definition) is 3. The quantitative estimate of drug-likeness (QED) is 0.513. The van der Waals surface area contributed by atoms with E-state index in [9.17, 15) is 18.0 Å². The fourth-order valence-electron chi connectivity index (χ4n) is 4.03. The average Bonchev–Trinajstić information content (AvgIpc) is 3.26. The molecular weight excluding hydrogens is 440 g/mol. The molecule has 1 aliphatic rings. The number of fused-ring (bicyclic) bond motifs is 1. The van der Waals surface area contributed by atoms with E-state index >= 15 is 0 Å². The maximum atomic E-state index is 12.7. The van der Waals surface area contributed by atoms with Crippen molar-refractivity contribution in [1.29, 1.82) is 0 Å². The summed E-state index contributed by atoms with van der Waals surface area (Å²) in [4.78, 5) is 32.2. The smallest absolute Gasteiger partial charge is 0.242 e. The number of H-pyrrole nitrogens is 1. The van der Waals surface area contributed by atoms with Crippen molar-refractivity contribution in [2.45, 2.75) is 51.3 Å². The van der Waals surface area contributed by atoms with Crippen LogP contribution in [0.1, 0.15) is 61.9 Å². The molecule has 8 nitrogen and oxygen atoms in total. The summed E-state index contributed by atoms with van der Waals surface area (Å²) in [5.41, 5.74) is 3.04. The summed E-state index contributed by atoms with van der Waals surface area (Å²) >= 11 is 0. The number of benzene rings is 2. The van der Waals surface area contributed by atoms with Crippen molar-refractivity contribution in [3.8, 4) is 0 Å². The Morgan fingerprint density at radius 2 is 1.85 bits per heavy atom. The first-order valence-electron chi connectivity index (χ1n) is 10.9. The standard InChI is InChI=1S/C24H28N4O4S/c1-24(2,3)14-22(30)25-19(23-26-17-6-4-5-7-18(17)27-23)12-15-8-10-16(11-9-15)20-13-21(29)28-33(20,31)32/h4-11,19-20H,12-14H2,1-3H3,(H,25,30)(H,26,27)(H,28,29)/t19-,20?/m0/s1. The van der Waals surface area contributed by atoms with Crippen LogP contribution in [-0.2, 0) is 26.0 Å². The zero-order chi connectivity index (χ0) is 23.8. The molecule has 2 heterocycles. The third-order valence-corrected chi connectivity index (χ3v) is 7.26. The van der Waals surface area contributed by atoms with Gasteiger partial charge in [0.25, 0.3) is 0 Å². The minimum absolute atomic E-state index is 0.0637. The van der Waals surface area contributed by atoms with Crippen molar-refractivity contribution in [2.24, 2.45) is 5.41 Å². The second-order valence-corrected chi connectivity index (χ2v) is 11.6. The minimum Gasteiger partial charge on any atom is -0.346 e. The lowest BCUT2D eigenvalue weighted by molar-refractivity contribution is -0.123. The van der Waals surface area contributed by atoms with Gasteiger partial charge >= 0.3 is 0 Å². The van der Waals surface area contributed by atoms with Crippen LogP contribution in [0.25, 0.3) is 11.0 Å². The van der Waals surface area contributed by atoms with Gasteiger partial charge in [-0.2, -0.15) is 0 Å². The number of rotatable bonds is 6. The topological polar surface area (TPSA) is 121 Å². The summed E-state index contributed by atoms with van der Waals surface area (Å²) in [6.45, 7) is 6.04. The van der Waals surface area contributed by atoms with E-state index in [0.717, 1.165) is 16.6 Å². The van der Waals surface area contributed by atoms with Crippen LogP contribution in [0.15, 0.2) is 48.5 Å². The SMILES string of the molecule is CC(C)(C)CC(=O)N[C@@H](Cc1ccc(C2CC(=O)NS2(=O)=O)cc1)c1nc2ccccc2[nH]1. The summed E-state index contributed by atoms with van der Waals surface area (Å²) in [6.07, 6.45) is 0.778. The molecule has 0 aliphatic carbocycles. The highest BCUT2D eigenvalue weighted by atomic mass is 32.2. The predicted molar refractivity (Wildman–Crippen MR) is 126 cm³/mol. The highest BCUT2D eigenvalue weighted by Gasteiger charge is 2.37. The van der Waals surface area contributed by atoms with E-state index in [4.69, 9.17) is 0 Å². The summed E-state index contributed by atoms with van der Waals surface area (Å²) in [7, 11) is -3.69. The Morgan fingerprint density at radius 3 is 2.45 bits per heavy atom. The number of aromatic nitrogens is 2. The van der Waals surface area contributed by atoms with Gasteiger partial charge in [0, 0.05) is 6.42 Å². The molecule has 4 rings (SSSR count). The molecule has 2 atom stereocenters. The molecule has 1 fully saturated rings. The first-order chi connectivity index (χ1) is 15.5. The molecule has 0 bridgehead atoms. The Balaban J connectivity index is 1.58. The number of nitrogens with zero attached hydrogens (tertiary/aromatic N) is 1. The maximum Gasteiger partial charge on any atom is 0.242 e. The van der Waals surface area contributed by atoms with Crippen molar-refractivity contribution >= 4 is 32.9 Å². The number of aromatic amines is 1. The molecule has 3 N–H and O–H groups in total. The van der Waals surface area contributed by atoms with E-state index in [2.05, 4.69) is 15.3 Å². The van der Waals surface area contributed by atoms with E-state index in [0.29, 0.717) is 24.2 Å². The van der Waals surface area contributed by atoms with Crippen molar-refractivity contribution in [1.82, 2.24) is 20.0 Å². The van der Waals surface area contributed by atoms with Crippen molar-refractivity contribution in [3.05, 3.63) is 65.5 Å². The molecular formula is C24H28N4O4S. The van der Waals surface area contributed by atoms with E-state index in [-0.39, 0.29) is 23.8 Å². The van der Waals surface area contributed by atoms with Gasteiger partial charge in [0.1, 0.15) is 11.1 Å². The van der Waals surface area contributed by atoms with Gasteiger partial charge in [-0.05, 0) is 35.1 Å². The molecule has 0 spiro atoms. The molecule has 0 radical (unpaired) electrons. The average molecular weight is 469 g/mol. The van der Waals surface area contributed by atoms with E-state index in [1.165, 1.54) is 0 Å². The maximum absolute atomic E-state index is 12.7. The second-order valence-electron chi connectivity index (χ2n) is 9.71. The van der Waals surface area contributed by atoms with Crippen LogP contribution in [0.5, 0.6) is 0 Å². The third kappa shape index (κ3) is 5.42. The van der Waals surface area contributed by atoms with Crippen molar-refractivity contribution in [3.63, 3.8) is 0 Å². The van der Waals surface area contributed by atoms with E-state index in [1.54, 1.807) is 12.1 Å². The number of amides is 2. The van der Waals surface area contributed by atoms with Crippen LogP contribution < -0.4 is 10.0 Å². The zero-order valence-corrected chi connectivity index (χ0v) is 19.7. The van der Waals surface area contributed by atoms with Crippen molar-refractivity contribution < 1.29 is 18.0 Å². The molecule has 3 aromatic rings. The summed E-state index contributed by atoms with van der Waals surface area (Å²) in [5.74, 6) is 0.109. The van der Waals surface area contributed by atoms with Gasteiger partial charge in [-0.15, -0.1) is 0 Å². The van der Waals surface area contributed by atoms with Crippen molar-refractivity contribution in [2.75, 3.05) is 0 Å². The number of sulfonamides is 1. The lowest BCUT2D eigenvalue weighted by atomic mass is 9.91. The number of para-hydroxylation sites is 2. The van der Waals surface area contributed by atoms with Crippen LogP contribution in [0.2, 0.25) is 0 Å². The van der Waals surface area contributed by atoms with Crippen LogP contribution in [0.3, 0.4) is 0 Å². The van der Waals surface area contributed by atoms with Crippen LogP contribution >= 0.6 is 0 Å². The summed E-state index contributed by atoms with van der Waals surface area (Å²) < 4.78 is 26.3. The first kappa shape index (κ1) is 23.0. The van der Waals surface area contributed by atoms with Crippen LogP contribution in [-0.4, -0.2) is 30.2 Å². The van der Waals surface area contributed by atoms with Gasteiger partial charge in [-0.25, -0.2) is 13.4 Å². The van der Waals surface area contributed by atoms with Gasteiger partial charge in [-0.1, -0.05) is 57.2 Å². The van der Waals surface area contributed by atoms with Gasteiger partial charge in [0.2, 0.25) is 21.8 Å². The normalized spacial score (nSPS) is 18.8. The van der Waals surface area contributed by atoms with Crippen LogP contribution in [0.4, 0.5) is 0 Å². The van der Waals surface area contributed by atoms with E-state index in [1.807, 2.05) is 61.9 Å². The molecule has 1 aliphatic heterocycles. The fraction of sp³-hybridized carbons (Fsp3) is 0.375. The summed E-state index contributed by atoms with van der Waals surface area (Å²) in [6, 6.07) is 14.4. The largest absolute Gasteiger partial charge is 0.346 e. The number of hydrogen-bond acceptors (Lipinski definition) is 5. The summed E-state index contributed by atoms with van der Waals surface area (Å²) in [5, 5.41) is 2.23. The Labute approximate surface area is 193 Å². The Hall–Kier alpha value is -3.20. The molecule has 2 aromatic carbocycles. The zero-order valence-electron chi connectivity index (χ0n) is 18.9. The number of nitrogens with one attached hydrogen (secondary N) is 3. The van der Waals surface area contributed by atoms with Gasteiger partial charge in [0.15, 0.2) is 0 Å². The van der Waals surface area contributed by atoms with Gasteiger partial charge in [0.05, 0.1) is 23.5 Å². The van der Waals surface area contributed by atoms with Gasteiger partial charge in [-0.3, -0.25) is 14.3 Å².